The van der Waals surface area contributed by atoms with Crippen molar-refractivity contribution >= 4 is 46.8 Å². The van der Waals surface area contributed by atoms with Gasteiger partial charge in [0.25, 0.3) is 5.91 Å². The van der Waals surface area contributed by atoms with E-state index in [4.69, 9.17) is 16.9 Å². The van der Waals surface area contributed by atoms with Crippen molar-refractivity contribution in [1.29, 1.82) is 5.26 Å². The molecule has 0 spiro atoms. The van der Waals surface area contributed by atoms with Crippen LogP contribution in [0.1, 0.15) is 28.8 Å². The molecule has 0 aromatic heterocycles. The standard InChI is InChI=1S/C24H23ClN4O3S/c25-19-7-5-17(6-8-19)23(31)28-11-1-2-18(13-28)24(32)29-15-33-14-21(29)22(30)27-20-9-3-16(12-26)4-10-20/h3-10,18,21H,1-2,11,13-15H2,(H,27,30). The Kier molecular flexibility index (Phi) is 7.21. The Bertz CT molecular complexity index is 1080. The number of anilines is 1. The Labute approximate surface area is 201 Å². The summed E-state index contributed by atoms with van der Waals surface area (Å²) >= 11 is 7.46. The second-order valence-corrected chi connectivity index (χ2v) is 9.54. The Morgan fingerprint density at radius 2 is 1.82 bits per heavy atom. The molecule has 2 aliphatic rings. The number of benzene rings is 2. The van der Waals surface area contributed by atoms with E-state index in [0.29, 0.717) is 53.0 Å². The third kappa shape index (κ3) is 5.32. The summed E-state index contributed by atoms with van der Waals surface area (Å²) < 4.78 is 0. The van der Waals surface area contributed by atoms with Gasteiger partial charge in [0.2, 0.25) is 11.8 Å². The minimum absolute atomic E-state index is 0.0893. The molecule has 0 aliphatic carbocycles. The van der Waals surface area contributed by atoms with Gasteiger partial charge in [0, 0.05) is 35.1 Å². The molecule has 170 valence electrons. The lowest BCUT2D eigenvalue weighted by Crippen LogP contribution is -2.51. The summed E-state index contributed by atoms with van der Waals surface area (Å²) in [5.41, 5.74) is 1.64. The maximum Gasteiger partial charge on any atom is 0.253 e. The summed E-state index contributed by atoms with van der Waals surface area (Å²) in [6.07, 6.45) is 1.42. The summed E-state index contributed by atoms with van der Waals surface area (Å²) in [7, 11) is 0. The first-order valence-corrected chi connectivity index (χ1v) is 12.2. The highest BCUT2D eigenvalue weighted by Crippen LogP contribution is 2.28. The van der Waals surface area contributed by atoms with E-state index in [1.807, 2.05) is 6.07 Å². The highest BCUT2D eigenvalue weighted by atomic mass is 35.5. The summed E-state index contributed by atoms with van der Waals surface area (Å²) in [4.78, 5) is 42.5. The van der Waals surface area contributed by atoms with Crippen molar-refractivity contribution in [3.63, 3.8) is 0 Å². The topological polar surface area (TPSA) is 93.5 Å². The van der Waals surface area contributed by atoms with Crippen LogP contribution in [0, 0.1) is 17.2 Å². The maximum absolute atomic E-state index is 13.3. The predicted octanol–water partition coefficient (Wildman–Crippen LogP) is 3.60. The summed E-state index contributed by atoms with van der Waals surface area (Å²) in [5.74, 6) is 0.186. The molecule has 0 radical (unpaired) electrons. The van der Waals surface area contributed by atoms with E-state index in [1.54, 1.807) is 70.1 Å². The molecule has 7 nitrogen and oxygen atoms in total. The lowest BCUT2D eigenvalue weighted by molar-refractivity contribution is -0.140. The number of piperidine rings is 1. The molecule has 1 N–H and O–H groups in total. The molecular weight excluding hydrogens is 460 g/mol. The van der Waals surface area contributed by atoms with E-state index >= 15 is 0 Å². The number of hydrogen-bond donors (Lipinski definition) is 1. The minimum Gasteiger partial charge on any atom is -0.338 e. The molecule has 3 amide bonds. The Balaban J connectivity index is 1.40. The van der Waals surface area contributed by atoms with Crippen molar-refractivity contribution in [3.05, 3.63) is 64.7 Å². The monoisotopic (exact) mass is 482 g/mol. The maximum atomic E-state index is 13.3. The number of halogens is 1. The molecule has 2 atom stereocenters. The van der Waals surface area contributed by atoms with Crippen molar-refractivity contribution in [1.82, 2.24) is 9.80 Å². The predicted molar refractivity (Wildman–Crippen MR) is 128 cm³/mol. The smallest absolute Gasteiger partial charge is 0.253 e. The van der Waals surface area contributed by atoms with Crippen molar-refractivity contribution in [2.45, 2.75) is 18.9 Å². The van der Waals surface area contributed by atoms with Crippen LogP contribution in [0.3, 0.4) is 0 Å². The minimum atomic E-state index is -0.569. The van der Waals surface area contributed by atoms with Gasteiger partial charge < -0.3 is 15.1 Å². The van der Waals surface area contributed by atoms with Crippen LogP contribution in [0.15, 0.2) is 48.5 Å². The third-order valence-corrected chi connectivity index (χ3v) is 7.16. The largest absolute Gasteiger partial charge is 0.338 e. The summed E-state index contributed by atoms with van der Waals surface area (Å²) in [5, 5.41) is 12.3. The highest BCUT2D eigenvalue weighted by Gasteiger charge is 2.39. The van der Waals surface area contributed by atoms with Crippen LogP contribution in [-0.2, 0) is 9.59 Å². The molecule has 9 heteroatoms. The van der Waals surface area contributed by atoms with E-state index in [1.165, 1.54) is 0 Å². The number of nitriles is 1. The zero-order chi connectivity index (χ0) is 23.4. The number of thioether (sulfide) groups is 1. The van der Waals surface area contributed by atoms with Crippen molar-refractivity contribution in [2.75, 3.05) is 30.0 Å². The quantitative estimate of drug-likeness (QED) is 0.718. The number of hydrogen-bond acceptors (Lipinski definition) is 5. The molecule has 2 aliphatic heterocycles. The van der Waals surface area contributed by atoms with Crippen LogP contribution in [0.4, 0.5) is 5.69 Å². The fourth-order valence-electron chi connectivity index (χ4n) is 4.10. The number of nitrogens with zero attached hydrogens (tertiary/aromatic N) is 3. The van der Waals surface area contributed by atoms with Gasteiger partial charge in [-0.3, -0.25) is 14.4 Å². The van der Waals surface area contributed by atoms with Crippen molar-refractivity contribution < 1.29 is 14.4 Å². The van der Waals surface area contributed by atoms with Gasteiger partial charge >= 0.3 is 0 Å². The van der Waals surface area contributed by atoms with Crippen LogP contribution < -0.4 is 5.32 Å². The zero-order valence-corrected chi connectivity index (χ0v) is 19.4. The average molecular weight is 483 g/mol. The number of carbonyl (C=O) groups excluding carboxylic acids is 3. The average Bonchev–Trinajstić information content (AvgIpc) is 3.34. The molecule has 2 heterocycles. The molecule has 2 saturated heterocycles. The summed E-state index contributed by atoms with van der Waals surface area (Å²) in [6, 6.07) is 14.8. The molecule has 4 rings (SSSR count). The van der Waals surface area contributed by atoms with Crippen LogP contribution in [0.5, 0.6) is 0 Å². The second kappa shape index (κ2) is 10.3. The van der Waals surface area contributed by atoms with E-state index in [0.717, 1.165) is 6.42 Å². The van der Waals surface area contributed by atoms with Crippen LogP contribution >= 0.6 is 23.4 Å². The molecule has 33 heavy (non-hydrogen) atoms. The van der Waals surface area contributed by atoms with E-state index < -0.39 is 6.04 Å². The van der Waals surface area contributed by atoms with Gasteiger partial charge in [-0.1, -0.05) is 11.6 Å². The van der Waals surface area contributed by atoms with Gasteiger partial charge in [-0.15, -0.1) is 11.8 Å². The molecular formula is C24H23ClN4O3S. The third-order valence-electron chi connectivity index (χ3n) is 5.90. The molecule has 0 bridgehead atoms. The SMILES string of the molecule is N#Cc1ccc(NC(=O)C2CSCN2C(=O)C2CCCN(C(=O)c3ccc(Cl)cc3)C2)cc1. The first-order valence-electron chi connectivity index (χ1n) is 10.7. The van der Waals surface area contributed by atoms with Gasteiger partial charge in [0.15, 0.2) is 0 Å². The number of likely N-dealkylation sites (tertiary alicyclic amines) is 1. The number of amides is 3. The summed E-state index contributed by atoms with van der Waals surface area (Å²) in [6.45, 7) is 0.939. The number of carbonyl (C=O) groups is 3. The highest BCUT2D eigenvalue weighted by molar-refractivity contribution is 7.99. The normalized spacial score (nSPS) is 20.2. The molecule has 2 aromatic carbocycles. The molecule has 2 aromatic rings. The number of rotatable bonds is 4. The fourth-order valence-corrected chi connectivity index (χ4v) is 5.39. The van der Waals surface area contributed by atoms with Gasteiger partial charge in [0.1, 0.15) is 6.04 Å². The van der Waals surface area contributed by atoms with Gasteiger partial charge in [0.05, 0.1) is 23.4 Å². The van der Waals surface area contributed by atoms with Gasteiger partial charge in [-0.2, -0.15) is 5.26 Å². The van der Waals surface area contributed by atoms with E-state index in [2.05, 4.69) is 5.32 Å². The van der Waals surface area contributed by atoms with E-state index in [-0.39, 0.29) is 23.6 Å². The second-order valence-electron chi connectivity index (χ2n) is 8.10. The fraction of sp³-hybridized carbons (Fsp3) is 0.333. The number of nitrogens with one attached hydrogen (secondary N) is 1. The van der Waals surface area contributed by atoms with Gasteiger partial charge in [-0.25, -0.2) is 0 Å². The molecule has 0 saturated carbocycles. The first-order chi connectivity index (χ1) is 16.0. The van der Waals surface area contributed by atoms with Crippen LogP contribution in [0.25, 0.3) is 0 Å². The lowest BCUT2D eigenvalue weighted by Gasteiger charge is -2.35. The first kappa shape index (κ1) is 23.1. The Morgan fingerprint density at radius 3 is 2.52 bits per heavy atom. The van der Waals surface area contributed by atoms with Crippen molar-refractivity contribution in [2.24, 2.45) is 5.92 Å². The Morgan fingerprint density at radius 1 is 1.09 bits per heavy atom. The Hall–Kier alpha value is -3.02. The van der Waals surface area contributed by atoms with E-state index in [9.17, 15) is 14.4 Å². The molecule has 2 fully saturated rings. The van der Waals surface area contributed by atoms with Crippen molar-refractivity contribution in [3.8, 4) is 6.07 Å². The zero-order valence-electron chi connectivity index (χ0n) is 17.9. The van der Waals surface area contributed by atoms with Crippen LogP contribution in [0.2, 0.25) is 5.02 Å². The molecule has 2 unspecified atom stereocenters. The lowest BCUT2D eigenvalue weighted by atomic mass is 9.95. The van der Waals surface area contributed by atoms with Crippen LogP contribution in [-0.4, -0.2) is 58.3 Å². The van der Waals surface area contributed by atoms with Gasteiger partial charge in [-0.05, 0) is 61.4 Å².